The summed E-state index contributed by atoms with van der Waals surface area (Å²) in [5, 5.41) is 0. The average Bonchev–Trinajstić information content (AvgIpc) is 2.79. The third kappa shape index (κ3) is 1.84. The first-order valence-corrected chi connectivity index (χ1v) is 4.57. The van der Waals surface area contributed by atoms with Crippen LogP contribution in [0.4, 0.5) is 0 Å². The van der Waals surface area contributed by atoms with E-state index in [0.717, 1.165) is 4.57 Å². The van der Waals surface area contributed by atoms with Gasteiger partial charge in [-0.1, -0.05) is 6.85 Å². The number of hydrogen-bond donors (Lipinski definition) is 0. The minimum atomic E-state index is -3.64. The summed E-state index contributed by atoms with van der Waals surface area (Å²) in [6, 6.07) is 0. The average molecular weight is 233 g/mol. The maximum atomic E-state index is 12.3. The molecule has 0 aromatic carbocycles. The quantitative estimate of drug-likeness (QED) is 0.743. The van der Waals surface area contributed by atoms with Crippen LogP contribution >= 0.6 is 0 Å². The molecule has 4 nitrogen and oxygen atoms in total. The fourth-order valence-electron chi connectivity index (χ4n) is 1.28. The molecule has 2 rings (SSSR count). The van der Waals surface area contributed by atoms with E-state index in [1.165, 1.54) is 14.0 Å². The summed E-state index contributed by atoms with van der Waals surface area (Å²) in [5.41, 5.74) is -0.523. The fraction of sp³-hybridized carbons (Fsp3) is 0.667. The van der Waals surface area contributed by atoms with Gasteiger partial charge in [0.25, 0.3) is 0 Å². The van der Waals surface area contributed by atoms with Gasteiger partial charge in [0.05, 0.1) is 16.6 Å². The summed E-state index contributed by atoms with van der Waals surface area (Å²) < 4.78 is 92.1. The molecule has 0 saturated carbocycles. The van der Waals surface area contributed by atoms with E-state index in [2.05, 4.69) is 9.72 Å². The lowest BCUT2D eigenvalue weighted by molar-refractivity contribution is -0.141. The molecule has 2 heterocycles. The Hall–Kier alpha value is -1.32. The summed E-state index contributed by atoms with van der Waals surface area (Å²) in [6.07, 6.45) is -7.29. The third-order valence-corrected chi connectivity index (χ3v) is 2.34. The Kier molecular flexibility index (Phi) is 1.03. The van der Waals surface area contributed by atoms with E-state index in [1.807, 2.05) is 0 Å². The lowest BCUT2D eigenvalue weighted by atomic mass is 9.89. The summed E-state index contributed by atoms with van der Waals surface area (Å²) in [6.45, 7) is -5.31. The van der Waals surface area contributed by atoms with Crippen LogP contribution in [0, 0.1) is 18.7 Å². The summed E-state index contributed by atoms with van der Waals surface area (Å²) in [7, 11) is 1.32. The number of cyclic esters (lactones) is 1. The smallest absolute Gasteiger partial charge is 0.309 e. The van der Waals surface area contributed by atoms with Gasteiger partial charge < -0.3 is 9.30 Å². The molecule has 16 heavy (non-hydrogen) atoms. The minimum Gasteiger partial charge on any atom is -0.465 e. The van der Waals surface area contributed by atoms with Crippen LogP contribution in [0.3, 0.4) is 0 Å². The monoisotopic (exact) mass is 233 g/mol. The largest absolute Gasteiger partial charge is 0.465 e. The number of carbonyl (C=O) groups excluding carboxylic acids is 1. The van der Waals surface area contributed by atoms with Gasteiger partial charge in [-0.3, -0.25) is 4.79 Å². The molecule has 1 aliphatic rings. The van der Waals surface area contributed by atoms with E-state index in [9.17, 15) is 4.79 Å². The van der Waals surface area contributed by atoms with Crippen molar-refractivity contribution in [3.63, 3.8) is 0 Å². The Morgan fingerprint density at radius 3 is 3.44 bits per heavy atom. The standard InChI is InChI=1S/C12H18N2O2/c1-4-11-9(7-16-12(11)15)5-10-6-13-8(2)14(10)3/h6,9,11H,4-5,7H2,1-3H3/t9-,11-/m0/s1/i1D3,4D2,5D2,6D,7D2,11D. The second-order valence-electron chi connectivity index (χ2n) is 3.30. The van der Waals surface area contributed by atoms with E-state index in [1.54, 1.807) is 0 Å². The predicted octanol–water partition coefficient (Wildman–Crippen LogP) is 1.47. The molecule has 2 atom stereocenters. The van der Waals surface area contributed by atoms with Crippen LogP contribution in [0.5, 0.6) is 0 Å². The van der Waals surface area contributed by atoms with Crippen molar-refractivity contribution in [3.05, 3.63) is 17.7 Å². The Morgan fingerprint density at radius 1 is 2.00 bits per heavy atom. The first-order valence-electron chi connectivity index (χ1n) is 10.1. The first-order chi connectivity index (χ1) is 11.8. The van der Waals surface area contributed by atoms with Gasteiger partial charge in [0.2, 0.25) is 0 Å². The van der Waals surface area contributed by atoms with Crippen molar-refractivity contribution in [1.29, 1.82) is 0 Å². The van der Waals surface area contributed by atoms with Crippen LogP contribution in [0.25, 0.3) is 0 Å². The molecule has 0 spiro atoms. The van der Waals surface area contributed by atoms with E-state index in [-0.39, 0.29) is 5.82 Å². The van der Waals surface area contributed by atoms with Crippen molar-refractivity contribution in [2.24, 2.45) is 18.9 Å². The van der Waals surface area contributed by atoms with Crippen LogP contribution in [-0.2, 0) is 23.0 Å². The number of aryl methyl sites for hydroxylation is 1. The molecule has 88 valence electrons. The highest BCUT2D eigenvalue weighted by Gasteiger charge is 2.35. The zero-order valence-electron chi connectivity index (χ0n) is 19.8. The lowest BCUT2D eigenvalue weighted by Gasteiger charge is -2.13. The molecule has 1 saturated heterocycles. The van der Waals surface area contributed by atoms with Crippen molar-refractivity contribution in [1.82, 2.24) is 9.55 Å². The number of esters is 1. The third-order valence-electron chi connectivity index (χ3n) is 2.34. The van der Waals surface area contributed by atoms with Crippen molar-refractivity contribution in [2.45, 2.75) is 26.5 Å². The number of carbonyl (C=O) groups is 1. The Labute approximate surface area is 111 Å². The number of ether oxygens (including phenoxy) is 1. The molecule has 1 aromatic heterocycles. The Morgan fingerprint density at radius 2 is 2.81 bits per heavy atom. The highest BCUT2D eigenvalue weighted by atomic mass is 16.5. The van der Waals surface area contributed by atoms with Crippen molar-refractivity contribution in [2.75, 3.05) is 6.56 Å². The van der Waals surface area contributed by atoms with Gasteiger partial charge in [0, 0.05) is 35.8 Å². The van der Waals surface area contributed by atoms with Gasteiger partial charge in [-0.25, -0.2) is 4.98 Å². The molecular weight excluding hydrogens is 204 g/mol. The summed E-state index contributed by atoms with van der Waals surface area (Å²) in [5.74, 6) is -7.62. The van der Waals surface area contributed by atoms with Crippen LogP contribution in [0.1, 0.15) is 39.8 Å². The fourth-order valence-corrected chi connectivity index (χ4v) is 1.28. The Bertz CT molecular complexity index is 785. The van der Waals surface area contributed by atoms with Crippen molar-refractivity contribution < 1.29 is 24.6 Å². The maximum Gasteiger partial charge on any atom is 0.309 e. The van der Waals surface area contributed by atoms with E-state index in [0.29, 0.717) is 0 Å². The molecule has 1 aromatic rings. The van der Waals surface area contributed by atoms with Gasteiger partial charge >= 0.3 is 5.97 Å². The zero-order chi connectivity index (χ0) is 21.4. The molecule has 0 unspecified atom stereocenters. The first kappa shape index (κ1) is 3.86. The normalized spacial score (nSPS) is 45.2. The predicted molar refractivity (Wildman–Crippen MR) is 59.9 cm³/mol. The lowest BCUT2D eigenvalue weighted by Crippen LogP contribution is -2.18. The topological polar surface area (TPSA) is 44.1 Å². The van der Waals surface area contributed by atoms with Gasteiger partial charge in [0.1, 0.15) is 5.82 Å². The molecule has 0 aliphatic carbocycles. The maximum absolute atomic E-state index is 12.3. The van der Waals surface area contributed by atoms with Crippen LogP contribution in [0.2, 0.25) is 0 Å². The van der Waals surface area contributed by atoms with E-state index < -0.39 is 55.8 Å². The number of imidazole rings is 1. The highest BCUT2D eigenvalue weighted by Crippen LogP contribution is 2.28. The summed E-state index contributed by atoms with van der Waals surface area (Å²) in [4.78, 5) is 16.0. The van der Waals surface area contributed by atoms with Crippen molar-refractivity contribution in [3.8, 4) is 0 Å². The second kappa shape index (κ2) is 4.28. The highest BCUT2D eigenvalue weighted by molar-refractivity contribution is 5.74. The molecular formula is C12H18N2O2. The van der Waals surface area contributed by atoms with Gasteiger partial charge in [-0.2, -0.15) is 0 Å². The second-order valence-corrected chi connectivity index (χ2v) is 3.30. The molecule has 1 aliphatic heterocycles. The van der Waals surface area contributed by atoms with Crippen LogP contribution in [0.15, 0.2) is 6.17 Å². The number of nitrogens with zero attached hydrogens (tertiary/aromatic N) is 2. The molecule has 1 fully saturated rings. The van der Waals surface area contributed by atoms with E-state index in [4.69, 9.17) is 15.1 Å². The number of rotatable bonds is 3. The number of hydrogen-bond acceptors (Lipinski definition) is 3. The van der Waals surface area contributed by atoms with Crippen molar-refractivity contribution >= 4 is 5.97 Å². The van der Waals surface area contributed by atoms with Crippen LogP contribution in [-0.4, -0.2) is 22.1 Å². The molecule has 0 N–H and O–H groups in total. The number of aromatic nitrogens is 2. The zero-order valence-corrected chi connectivity index (χ0v) is 8.79. The minimum absolute atomic E-state index is 0.180. The molecule has 0 radical (unpaired) electrons. The van der Waals surface area contributed by atoms with Gasteiger partial charge in [-0.05, 0) is 19.7 Å². The Balaban J connectivity index is 2.82. The van der Waals surface area contributed by atoms with Gasteiger partial charge in [0.15, 0.2) is 0 Å². The molecule has 0 amide bonds. The van der Waals surface area contributed by atoms with E-state index >= 15 is 0 Å². The SMILES string of the molecule is [2H]c1nc(C)n(C)c1C([2H])([2H])[C@H]1C([2H])([2H])OC(=O)[C@@]1([2H])C([2H])([2H])C([2H])([2H])[2H]. The van der Waals surface area contributed by atoms with Gasteiger partial charge in [-0.15, -0.1) is 0 Å². The molecule has 4 heteroatoms. The summed E-state index contributed by atoms with van der Waals surface area (Å²) >= 11 is 0. The van der Waals surface area contributed by atoms with Crippen LogP contribution < -0.4 is 0 Å². The molecule has 0 bridgehead atoms.